The van der Waals surface area contributed by atoms with Crippen LogP contribution in [0, 0.1) is 0 Å². The largest absolute Gasteiger partial charge is 0.465 e. The Hall–Kier alpha value is -0.650. The molecule has 2 saturated carbocycles. The number of rotatable bonds is 7. The lowest BCUT2D eigenvalue weighted by atomic mass is 10.3. The summed E-state index contributed by atoms with van der Waals surface area (Å²) in [5.41, 5.74) is 5.31. The molecule has 0 bridgehead atoms. The highest BCUT2D eigenvalue weighted by Crippen LogP contribution is 2.36. The molecule has 16 heavy (non-hydrogen) atoms. The predicted molar refractivity (Wildman–Crippen MR) is 58.7 cm³/mol. The van der Waals surface area contributed by atoms with Gasteiger partial charge < -0.3 is 15.2 Å². The third kappa shape index (κ3) is 2.72. The van der Waals surface area contributed by atoms with Gasteiger partial charge in [0.05, 0.1) is 19.9 Å². The number of nitrogens with one attached hydrogen (secondary N) is 1. The maximum absolute atomic E-state index is 11.6. The molecule has 0 unspecified atom stereocenters. The fourth-order valence-corrected chi connectivity index (χ4v) is 1.60. The van der Waals surface area contributed by atoms with E-state index in [-0.39, 0.29) is 11.5 Å². The zero-order valence-electron chi connectivity index (χ0n) is 9.75. The molecule has 2 rings (SSSR count). The van der Waals surface area contributed by atoms with Crippen molar-refractivity contribution in [2.75, 3.05) is 19.9 Å². The Morgan fingerprint density at radius 3 is 2.56 bits per heavy atom. The molecule has 92 valence electrons. The Morgan fingerprint density at radius 1 is 1.38 bits per heavy atom. The van der Waals surface area contributed by atoms with Gasteiger partial charge in [0.25, 0.3) is 0 Å². The van der Waals surface area contributed by atoms with E-state index in [1.165, 1.54) is 0 Å². The monoisotopic (exact) mass is 228 g/mol. The van der Waals surface area contributed by atoms with Crippen molar-refractivity contribution in [2.45, 2.75) is 43.7 Å². The molecule has 0 aromatic rings. The maximum Gasteiger partial charge on any atom is 0.326 e. The van der Waals surface area contributed by atoms with Crippen molar-refractivity contribution in [1.82, 2.24) is 5.32 Å². The fraction of sp³-hybridized carbons (Fsp3) is 0.909. The molecule has 0 radical (unpaired) electrons. The number of carbonyl (C=O) groups is 1. The average molecular weight is 228 g/mol. The van der Waals surface area contributed by atoms with Crippen molar-refractivity contribution in [3.05, 3.63) is 0 Å². The van der Waals surface area contributed by atoms with Crippen LogP contribution in [-0.4, -0.2) is 37.0 Å². The van der Waals surface area contributed by atoms with Gasteiger partial charge in [0.2, 0.25) is 0 Å². The van der Waals surface area contributed by atoms with Gasteiger partial charge in [0.15, 0.2) is 0 Å². The van der Waals surface area contributed by atoms with E-state index in [0.717, 1.165) is 25.7 Å². The van der Waals surface area contributed by atoms with Crippen LogP contribution in [0.15, 0.2) is 0 Å². The van der Waals surface area contributed by atoms with E-state index >= 15 is 0 Å². The number of hydrogen-bond donors (Lipinski definition) is 2. The summed E-state index contributed by atoms with van der Waals surface area (Å²) in [6.45, 7) is 3.18. The van der Waals surface area contributed by atoms with E-state index in [2.05, 4.69) is 5.32 Å². The molecular weight excluding hydrogens is 208 g/mol. The lowest BCUT2D eigenvalue weighted by Gasteiger charge is -2.16. The first-order valence-corrected chi connectivity index (χ1v) is 5.89. The first kappa shape index (κ1) is 11.8. The molecular formula is C11H20N2O3. The Kier molecular flexibility index (Phi) is 3.19. The van der Waals surface area contributed by atoms with Gasteiger partial charge in [0.1, 0.15) is 5.54 Å². The lowest BCUT2D eigenvalue weighted by molar-refractivity contribution is -0.147. The fourth-order valence-electron chi connectivity index (χ4n) is 1.60. The van der Waals surface area contributed by atoms with Crippen LogP contribution in [0.4, 0.5) is 0 Å². The molecule has 0 heterocycles. The molecule has 2 aliphatic rings. The number of carbonyl (C=O) groups excluding carboxylic acids is 1. The van der Waals surface area contributed by atoms with Crippen LogP contribution >= 0.6 is 0 Å². The third-order valence-corrected chi connectivity index (χ3v) is 3.21. The van der Waals surface area contributed by atoms with Gasteiger partial charge in [-0.3, -0.25) is 10.1 Å². The zero-order valence-corrected chi connectivity index (χ0v) is 9.75. The molecule has 0 aliphatic heterocycles. The minimum absolute atomic E-state index is 0.0949. The summed E-state index contributed by atoms with van der Waals surface area (Å²) in [4.78, 5) is 11.6. The van der Waals surface area contributed by atoms with E-state index in [4.69, 9.17) is 15.2 Å². The molecule has 2 fully saturated rings. The molecule has 2 aliphatic carbocycles. The minimum atomic E-state index is -0.471. The van der Waals surface area contributed by atoms with Gasteiger partial charge in [0, 0.05) is 5.54 Å². The smallest absolute Gasteiger partial charge is 0.326 e. The van der Waals surface area contributed by atoms with Crippen LogP contribution in [0.2, 0.25) is 0 Å². The third-order valence-electron chi connectivity index (χ3n) is 3.21. The van der Waals surface area contributed by atoms with Crippen LogP contribution < -0.4 is 11.1 Å². The Labute approximate surface area is 95.7 Å². The number of hydrogen-bond acceptors (Lipinski definition) is 5. The van der Waals surface area contributed by atoms with Crippen molar-refractivity contribution < 1.29 is 14.3 Å². The molecule has 5 nitrogen and oxygen atoms in total. The van der Waals surface area contributed by atoms with Crippen molar-refractivity contribution in [1.29, 1.82) is 0 Å². The molecule has 5 heteroatoms. The molecule has 0 aromatic carbocycles. The summed E-state index contributed by atoms with van der Waals surface area (Å²) >= 11 is 0. The summed E-state index contributed by atoms with van der Waals surface area (Å²) in [5, 5.41) is 3.10. The summed E-state index contributed by atoms with van der Waals surface area (Å²) in [6, 6.07) is 0. The average Bonchev–Trinajstić information content (AvgIpc) is 3.13. The van der Waals surface area contributed by atoms with E-state index in [1.807, 2.05) is 6.92 Å². The Morgan fingerprint density at radius 2 is 2.06 bits per heavy atom. The Balaban J connectivity index is 1.63. The standard InChI is InChI=1S/C11H20N2O3/c1-2-16-9(14)11(5-6-11)13-8-15-7-10(12)3-4-10/h13H,2-8,12H2,1H3. The van der Waals surface area contributed by atoms with E-state index in [9.17, 15) is 4.79 Å². The molecule has 0 aromatic heterocycles. The highest BCUT2D eigenvalue weighted by molar-refractivity contribution is 5.84. The van der Waals surface area contributed by atoms with Crippen molar-refractivity contribution >= 4 is 5.97 Å². The second-order valence-electron chi connectivity index (χ2n) is 4.83. The van der Waals surface area contributed by atoms with Gasteiger partial charge in [-0.15, -0.1) is 0 Å². The van der Waals surface area contributed by atoms with Gasteiger partial charge in [-0.05, 0) is 32.6 Å². The zero-order chi connectivity index (χ0) is 11.6. The van der Waals surface area contributed by atoms with Gasteiger partial charge in [-0.1, -0.05) is 0 Å². The second kappa shape index (κ2) is 4.31. The van der Waals surface area contributed by atoms with Crippen LogP contribution in [0.25, 0.3) is 0 Å². The quantitative estimate of drug-likeness (QED) is 0.368. The normalized spacial score (nSPS) is 23.9. The molecule has 3 N–H and O–H groups in total. The van der Waals surface area contributed by atoms with E-state index in [1.54, 1.807) is 0 Å². The molecule has 0 saturated heterocycles. The second-order valence-corrected chi connectivity index (χ2v) is 4.83. The summed E-state index contributed by atoms with van der Waals surface area (Å²) in [6.07, 6.45) is 3.75. The molecule has 0 amide bonds. The number of esters is 1. The first-order valence-electron chi connectivity index (χ1n) is 5.89. The van der Waals surface area contributed by atoms with E-state index in [0.29, 0.717) is 19.9 Å². The number of ether oxygens (including phenoxy) is 2. The van der Waals surface area contributed by atoms with Crippen LogP contribution in [0.1, 0.15) is 32.6 Å². The summed E-state index contributed by atoms with van der Waals surface area (Å²) in [7, 11) is 0. The predicted octanol–water partition coefficient (Wildman–Crippen LogP) is 0.137. The van der Waals surface area contributed by atoms with Crippen molar-refractivity contribution in [3.8, 4) is 0 Å². The van der Waals surface area contributed by atoms with Gasteiger partial charge in [-0.25, -0.2) is 0 Å². The van der Waals surface area contributed by atoms with Crippen LogP contribution in [-0.2, 0) is 14.3 Å². The lowest BCUT2D eigenvalue weighted by Crippen LogP contribution is -2.42. The maximum atomic E-state index is 11.6. The summed E-state index contributed by atoms with van der Waals surface area (Å²) in [5.74, 6) is -0.160. The van der Waals surface area contributed by atoms with Crippen molar-refractivity contribution in [2.24, 2.45) is 5.73 Å². The topological polar surface area (TPSA) is 73.6 Å². The van der Waals surface area contributed by atoms with Crippen LogP contribution in [0.3, 0.4) is 0 Å². The minimum Gasteiger partial charge on any atom is -0.465 e. The van der Waals surface area contributed by atoms with E-state index < -0.39 is 5.54 Å². The first-order chi connectivity index (χ1) is 7.60. The highest BCUT2D eigenvalue weighted by atomic mass is 16.5. The van der Waals surface area contributed by atoms with Gasteiger partial charge >= 0.3 is 5.97 Å². The van der Waals surface area contributed by atoms with Crippen molar-refractivity contribution in [3.63, 3.8) is 0 Å². The van der Waals surface area contributed by atoms with Crippen LogP contribution in [0.5, 0.6) is 0 Å². The SMILES string of the molecule is CCOC(=O)C1(NCOCC2(N)CC2)CC1. The Bertz CT molecular complexity index is 272. The summed E-state index contributed by atoms with van der Waals surface area (Å²) < 4.78 is 10.4. The molecule has 0 atom stereocenters. The molecule has 0 spiro atoms. The highest BCUT2D eigenvalue weighted by Gasteiger charge is 2.51. The van der Waals surface area contributed by atoms with Gasteiger partial charge in [-0.2, -0.15) is 0 Å². The number of nitrogens with two attached hydrogens (primary N) is 1.